The van der Waals surface area contributed by atoms with E-state index in [0.29, 0.717) is 18.7 Å². The van der Waals surface area contributed by atoms with Crippen LogP contribution < -0.4 is 4.90 Å². The lowest BCUT2D eigenvalue weighted by atomic mass is 10.2. The molecule has 0 aliphatic heterocycles. The summed E-state index contributed by atoms with van der Waals surface area (Å²) < 4.78 is 5.48. The molecule has 0 fully saturated rings. The van der Waals surface area contributed by atoms with Crippen molar-refractivity contribution in [2.45, 2.75) is 32.8 Å². The van der Waals surface area contributed by atoms with E-state index in [4.69, 9.17) is 9.84 Å². The molecule has 0 bridgehead atoms. The number of hydrogen-bond donors (Lipinski definition) is 1. The van der Waals surface area contributed by atoms with Crippen LogP contribution in [0.1, 0.15) is 36.0 Å². The number of thiophene rings is 1. The standard InChI is InChI=1S/C18H21NO4S/c1-18(2,3)23-17(22)19(11-10-15-5-4-12-24-15)14-8-6-13(7-9-14)16(20)21/h4-9,12H,10-11H2,1-3H3,(H,20,21). The number of anilines is 1. The lowest BCUT2D eigenvalue weighted by molar-refractivity contribution is 0.0580. The van der Waals surface area contributed by atoms with Gasteiger partial charge in [0, 0.05) is 17.1 Å². The van der Waals surface area contributed by atoms with Gasteiger partial charge in [-0.25, -0.2) is 9.59 Å². The summed E-state index contributed by atoms with van der Waals surface area (Å²) in [6, 6.07) is 10.2. The zero-order valence-corrected chi connectivity index (χ0v) is 14.8. The lowest BCUT2D eigenvalue weighted by Gasteiger charge is -2.27. The third kappa shape index (κ3) is 5.09. The Kier molecular flexibility index (Phi) is 5.62. The van der Waals surface area contributed by atoms with Gasteiger partial charge in [-0.05, 0) is 62.9 Å². The summed E-state index contributed by atoms with van der Waals surface area (Å²) in [4.78, 5) is 26.2. The molecule has 0 unspecified atom stereocenters. The van der Waals surface area contributed by atoms with Gasteiger partial charge in [0.2, 0.25) is 0 Å². The molecular formula is C18H21NO4S. The second-order valence-corrected chi connectivity index (χ2v) is 7.35. The third-order valence-electron chi connectivity index (χ3n) is 3.20. The minimum Gasteiger partial charge on any atom is -0.478 e. The molecule has 1 aromatic heterocycles. The van der Waals surface area contributed by atoms with E-state index in [1.54, 1.807) is 23.5 Å². The van der Waals surface area contributed by atoms with Crippen molar-refractivity contribution in [2.75, 3.05) is 11.4 Å². The first-order valence-electron chi connectivity index (χ1n) is 7.62. The number of carbonyl (C=O) groups excluding carboxylic acids is 1. The van der Waals surface area contributed by atoms with E-state index in [0.717, 1.165) is 0 Å². The van der Waals surface area contributed by atoms with Crippen LogP contribution >= 0.6 is 11.3 Å². The molecular weight excluding hydrogens is 326 g/mol. The third-order valence-corrected chi connectivity index (χ3v) is 4.14. The maximum Gasteiger partial charge on any atom is 0.414 e. The number of carboxylic acids is 1. The number of carboxylic acid groups (broad SMARTS) is 1. The molecule has 1 heterocycles. The van der Waals surface area contributed by atoms with Crippen LogP contribution in [0.3, 0.4) is 0 Å². The molecule has 6 heteroatoms. The van der Waals surface area contributed by atoms with Crippen molar-refractivity contribution >= 4 is 29.1 Å². The quantitative estimate of drug-likeness (QED) is 0.869. The summed E-state index contributed by atoms with van der Waals surface area (Å²) in [7, 11) is 0. The molecule has 0 aliphatic carbocycles. The second kappa shape index (κ2) is 7.49. The number of amides is 1. The first-order chi connectivity index (χ1) is 11.3. The zero-order chi connectivity index (χ0) is 17.7. The molecule has 24 heavy (non-hydrogen) atoms. The van der Waals surface area contributed by atoms with Crippen molar-refractivity contribution in [2.24, 2.45) is 0 Å². The average Bonchev–Trinajstić information content (AvgIpc) is 2.99. The number of nitrogens with zero attached hydrogens (tertiary/aromatic N) is 1. The topological polar surface area (TPSA) is 66.8 Å². The fourth-order valence-corrected chi connectivity index (χ4v) is 2.80. The molecule has 1 N–H and O–H groups in total. The van der Waals surface area contributed by atoms with Crippen LogP contribution in [-0.4, -0.2) is 29.3 Å². The molecule has 1 amide bonds. The highest BCUT2D eigenvalue weighted by molar-refractivity contribution is 7.09. The van der Waals surface area contributed by atoms with Gasteiger partial charge in [0.15, 0.2) is 0 Å². The lowest BCUT2D eigenvalue weighted by Crippen LogP contribution is -2.38. The number of benzene rings is 1. The summed E-state index contributed by atoms with van der Waals surface area (Å²) in [5.41, 5.74) is 0.200. The average molecular weight is 347 g/mol. The van der Waals surface area contributed by atoms with Crippen molar-refractivity contribution in [1.82, 2.24) is 0 Å². The summed E-state index contributed by atoms with van der Waals surface area (Å²) >= 11 is 1.63. The maximum atomic E-state index is 12.5. The van der Waals surface area contributed by atoms with Crippen LogP contribution in [0.2, 0.25) is 0 Å². The van der Waals surface area contributed by atoms with E-state index < -0.39 is 17.7 Å². The SMILES string of the molecule is CC(C)(C)OC(=O)N(CCc1cccs1)c1ccc(C(=O)O)cc1. The fourth-order valence-electron chi connectivity index (χ4n) is 2.10. The van der Waals surface area contributed by atoms with E-state index in [1.807, 2.05) is 38.3 Å². The number of hydrogen-bond acceptors (Lipinski definition) is 4. The van der Waals surface area contributed by atoms with Crippen molar-refractivity contribution in [3.05, 3.63) is 52.2 Å². The molecule has 1 aromatic carbocycles. The molecule has 0 saturated carbocycles. The molecule has 0 aliphatic rings. The molecule has 0 radical (unpaired) electrons. The maximum absolute atomic E-state index is 12.5. The summed E-state index contributed by atoms with van der Waals surface area (Å²) in [6.07, 6.45) is 0.263. The summed E-state index contributed by atoms with van der Waals surface area (Å²) in [5, 5.41) is 11.0. The Labute approximate surface area is 145 Å². The molecule has 5 nitrogen and oxygen atoms in total. The van der Waals surface area contributed by atoms with Gasteiger partial charge in [-0.3, -0.25) is 4.90 Å². The Hall–Kier alpha value is -2.34. The van der Waals surface area contributed by atoms with Crippen LogP contribution in [0.5, 0.6) is 0 Å². The Morgan fingerprint density at radius 3 is 2.33 bits per heavy atom. The second-order valence-electron chi connectivity index (χ2n) is 6.31. The highest BCUT2D eigenvalue weighted by Crippen LogP contribution is 2.21. The number of aromatic carboxylic acids is 1. The van der Waals surface area contributed by atoms with Crippen LogP contribution in [0.25, 0.3) is 0 Å². The van der Waals surface area contributed by atoms with Gasteiger partial charge in [-0.2, -0.15) is 0 Å². The predicted octanol–water partition coefficient (Wildman–Crippen LogP) is 4.43. The summed E-state index contributed by atoms with van der Waals surface area (Å²) in [5.74, 6) is -0.996. The van der Waals surface area contributed by atoms with Gasteiger partial charge in [-0.15, -0.1) is 11.3 Å². The van der Waals surface area contributed by atoms with Gasteiger partial charge in [0.05, 0.1) is 5.56 Å². The van der Waals surface area contributed by atoms with Crippen LogP contribution in [0.15, 0.2) is 41.8 Å². The number of rotatable bonds is 5. The minimum absolute atomic E-state index is 0.182. The molecule has 2 aromatic rings. The minimum atomic E-state index is -0.996. The Morgan fingerprint density at radius 1 is 1.17 bits per heavy atom. The van der Waals surface area contributed by atoms with Crippen molar-refractivity contribution in [1.29, 1.82) is 0 Å². The van der Waals surface area contributed by atoms with Crippen LogP contribution in [-0.2, 0) is 11.2 Å². The van der Waals surface area contributed by atoms with Gasteiger partial charge in [-0.1, -0.05) is 6.07 Å². The normalized spacial score (nSPS) is 11.1. The molecule has 0 atom stereocenters. The number of ether oxygens (including phenoxy) is 1. The molecule has 0 spiro atoms. The van der Waals surface area contributed by atoms with Gasteiger partial charge in [0.25, 0.3) is 0 Å². The van der Waals surface area contributed by atoms with Gasteiger partial charge in [0.1, 0.15) is 5.60 Å². The van der Waals surface area contributed by atoms with Gasteiger partial charge >= 0.3 is 12.1 Å². The van der Waals surface area contributed by atoms with Crippen molar-refractivity contribution in [3.63, 3.8) is 0 Å². The van der Waals surface area contributed by atoms with E-state index in [9.17, 15) is 9.59 Å². The number of carbonyl (C=O) groups is 2. The predicted molar refractivity (Wildman–Crippen MR) is 95.0 cm³/mol. The monoisotopic (exact) mass is 347 g/mol. The zero-order valence-electron chi connectivity index (χ0n) is 14.0. The Balaban J connectivity index is 2.20. The molecule has 2 rings (SSSR count). The smallest absolute Gasteiger partial charge is 0.414 e. The molecule has 128 valence electrons. The van der Waals surface area contributed by atoms with Crippen LogP contribution in [0, 0.1) is 0 Å². The van der Waals surface area contributed by atoms with Crippen molar-refractivity contribution < 1.29 is 19.4 Å². The highest BCUT2D eigenvalue weighted by atomic mass is 32.1. The Morgan fingerprint density at radius 2 is 1.83 bits per heavy atom. The molecule has 0 saturated heterocycles. The van der Waals surface area contributed by atoms with Crippen molar-refractivity contribution in [3.8, 4) is 0 Å². The Bertz CT molecular complexity index is 687. The fraction of sp³-hybridized carbons (Fsp3) is 0.333. The van der Waals surface area contributed by atoms with E-state index in [-0.39, 0.29) is 5.56 Å². The summed E-state index contributed by atoms with van der Waals surface area (Å²) in [6.45, 7) is 5.91. The van der Waals surface area contributed by atoms with Crippen LogP contribution in [0.4, 0.5) is 10.5 Å². The van der Waals surface area contributed by atoms with Gasteiger partial charge < -0.3 is 9.84 Å². The highest BCUT2D eigenvalue weighted by Gasteiger charge is 2.23. The first kappa shape index (κ1) is 18.0. The van der Waals surface area contributed by atoms with E-state index >= 15 is 0 Å². The van der Waals surface area contributed by atoms with E-state index in [2.05, 4.69) is 0 Å². The largest absolute Gasteiger partial charge is 0.478 e. The first-order valence-corrected chi connectivity index (χ1v) is 8.50. The van der Waals surface area contributed by atoms with E-state index in [1.165, 1.54) is 21.9 Å².